The maximum Gasteiger partial charge on any atom is 0.418 e. The molecule has 1 aromatic heterocycles. The van der Waals surface area contributed by atoms with Gasteiger partial charge in [-0.25, -0.2) is 9.78 Å². The van der Waals surface area contributed by atoms with E-state index in [1.807, 2.05) is 60.7 Å². The van der Waals surface area contributed by atoms with Gasteiger partial charge in [-0.3, -0.25) is 4.79 Å². The van der Waals surface area contributed by atoms with E-state index in [2.05, 4.69) is 15.6 Å². The largest absolute Gasteiger partial charge is 0.418 e. The highest BCUT2D eigenvalue weighted by molar-refractivity contribution is 7.09. The number of amides is 3. The number of urea groups is 1. The molecule has 0 aliphatic carbocycles. The van der Waals surface area contributed by atoms with Gasteiger partial charge in [0.2, 0.25) is 0 Å². The van der Waals surface area contributed by atoms with Crippen molar-refractivity contribution in [2.24, 2.45) is 0 Å². The van der Waals surface area contributed by atoms with Gasteiger partial charge in [0.05, 0.1) is 17.8 Å². The summed E-state index contributed by atoms with van der Waals surface area (Å²) in [6, 6.07) is 22.6. The van der Waals surface area contributed by atoms with Gasteiger partial charge in [0.1, 0.15) is 10.7 Å². The van der Waals surface area contributed by atoms with E-state index in [9.17, 15) is 22.8 Å². The van der Waals surface area contributed by atoms with Crippen LogP contribution < -0.4 is 10.6 Å². The number of anilines is 1. The Morgan fingerprint density at radius 2 is 1.46 bits per heavy atom. The lowest BCUT2D eigenvalue weighted by Crippen LogP contribution is -2.34. The predicted molar refractivity (Wildman–Crippen MR) is 136 cm³/mol. The molecule has 0 saturated heterocycles. The Morgan fingerprint density at radius 3 is 2.14 bits per heavy atom. The molecule has 3 aromatic carbocycles. The second kappa shape index (κ2) is 11.7. The van der Waals surface area contributed by atoms with Crippen LogP contribution in [0.2, 0.25) is 0 Å². The quantitative estimate of drug-likeness (QED) is 0.283. The van der Waals surface area contributed by atoms with Gasteiger partial charge in [0.15, 0.2) is 0 Å². The molecular weight excluding hydrogens is 501 g/mol. The number of benzene rings is 3. The van der Waals surface area contributed by atoms with E-state index >= 15 is 0 Å². The van der Waals surface area contributed by atoms with Crippen LogP contribution in [0.4, 0.5) is 23.7 Å². The zero-order valence-corrected chi connectivity index (χ0v) is 20.4. The first-order chi connectivity index (χ1) is 17.8. The summed E-state index contributed by atoms with van der Waals surface area (Å²) in [5.74, 6) is -0.357. The molecule has 1 heterocycles. The average Bonchev–Trinajstić information content (AvgIpc) is 3.36. The number of carbonyl (C=O) groups excluding carboxylic acids is 2. The second-order valence-corrected chi connectivity index (χ2v) is 9.05. The van der Waals surface area contributed by atoms with Crippen LogP contribution in [-0.2, 0) is 25.8 Å². The third-order valence-corrected chi connectivity index (χ3v) is 6.22. The Bertz CT molecular complexity index is 1340. The van der Waals surface area contributed by atoms with Gasteiger partial charge in [0, 0.05) is 18.5 Å². The van der Waals surface area contributed by atoms with Crippen LogP contribution in [0.3, 0.4) is 0 Å². The van der Waals surface area contributed by atoms with Crippen molar-refractivity contribution in [3.05, 3.63) is 118 Å². The summed E-state index contributed by atoms with van der Waals surface area (Å²) in [7, 11) is 0. The SMILES string of the molecule is O=C(NCc1ccccc1)c1csc(CN(Cc2ccccc2)C(=O)Nc2ccccc2C(F)(F)F)n1. The van der Waals surface area contributed by atoms with E-state index < -0.39 is 17.8 Å². The van der Waals surface area contributed by atoms with Crippen LogP contribution in [0.25, 0.3) is 0 Å². The summed E-state index contributed by atoms with van der Waals surface area (Å²) in [6.45, 7) is 0.481. The first-order valence-corrected chi connectivity index (χ1v) is 12.2. The minimum Gasteiger partial charge on any atom is -0.347 e. The molecule has 0 spiro atoms. The van der Waals surface area contributed by atoms with Crippen LogP contribution in [-0.4, -0.2) is 21.8 Å². The number of halogens is 3. The smallest absolute Gasteiger partial charge is 0.347 e. The van der Waals surface area contributed by atoms with E-state index in [1.165, 1.54) is 34.4 Å². The van der Waals surface area contributed by atoms with Crippen molar-refractivity contribution in [3.63, 3.8) is 0 Å². The summed E-state index contributed by atoms with van der Waals surface area (Å²) in [6.07, 6.45) is -4.62. The van der Waals surface area contributed by atoms with Crippen LogP contribution >= 0.6 is 11.3 Å². The molecule has 0 bridgehead atoms. The number of para-hydroxylation sites is 1. The summed E-state index contributed by atoms with van der Waals surface area (Å²) < 4.78 is 40.3. The summed E-state index contributed by atoms with van der Waals surface area (Å²) in [4.78, 5) is 31.4. The fourth-order valence-electron chi connectivity index (χ4n) is 3.56. The molecule has 0 radical (unpaired) electrons. The van der Waals surface area contributed by atoms with Gasteiger partial charge < -0.3 is 15.5 Å². The Hall–Kier alpha value is -4.18. The molecule has 0 aliphatic rings. The Kier molecular flexibility index (Phi) is 8.19. The van der Waals surface area contributed by atoms with E-state index in [-0.39, 0.29) is 30.4 Å². The summed E-state index contributed by atoms with van der Waals surface area (Å²) in [5, 5.41) is 7.26. The van der Waals surface area contributed by atoms with E-state index in [4.69, 9.17) is 0 Å². The molecule has 37 heavy (non-hydrogen) atoms. The van der Waals surface area contributed by atoms with E-state index in [0.29, 0.717) is 11.6 Å². The molecule has 6 nitrogen and oxygen atoms in total. The van der Waals surface area contributed by atoms with Gasteiger partial charge in [-0.2, -0.15) is 13.2 Å². The van der Waals surface area contributed by atoms with E-state index in [1.54, 1.807) is 5.38 Å². The van der Waals surface area contributed by atoms with Crippen molar-refractivity contribution in [2.45, 2.75) is 25.8 Å². The van der Waals surface area contributed by atoms with Gasteiger partial charge in [-0.15, -0.1) is 11.3 Å². The van der Waals surface area contributed by atoms with Gasteiger partial charge in [0.25, 0.3) is 5.91 Å². The van der Waals surface area contributed by atoms with Crippen molar-refractivity contribution in [1.29, 1.82) is 0 Å². The average molecular weight is 525 g/mol. The van der Waals surface area contributed by atoms with Crippen LogP contribution in [0, 0.1) is 0 Å². The molecule has 10 heteroatoms. The molecule has 4 aromatic rings. The molecular formula is C27H23F3N4O2S. The third kappa shape index (κ3) is 7.17. The number of rotatable bonds is 8. The molecule has 0 fully saturated rings. The Labute approximate surface area is 215 Å². The molecule has 3 amide bonds. The number of hydrogen-bond donors (Lipinski definition) is 2. The lowest BCUT2D eigenvalue weighted by molar-refractivity contribution is -0.136. The summed E-state index contributed by atoms with van der Waals surface area (Å²) in [5.41, 5.74) is 0.668. The van der Waals surface area contributed by atoms with Gasteiger partial charge >= 0.3 is 12.2 Å². The van der Waals surface area contributed by atoms with Crippen LogP contribution in [0.15, 0.2) is 90.3 Å². The van der Waals surface area contributed by atoms with Gasteiger partial charge in [-0.1, -0.05) is 72.8 Å². The second-order valence-electron chi connectivity index (χ2n) is 8.11. The highest BCUT2D eigenvalue weighted by Crippen LogP contribution is 2.34. The molecule has 2 N–H and O–H groups in total. The first-order valence-electron chi connectivity index (χ1n) is 11.3. The number of nitrogens with zero attached hydrogens (tertiary/aromatic N) is 2. The number of hydrogen-bond acceptors (Lipinski definition) is 4. The molecule has 0 saturated carbocycles. The van der Waals surface area contributed by atoms with Crippen LogP contribution in [0.5, 0.6) is 0 Å². The minimum absolute atomic E-state index is 0.00550. The molecule has 0 atom stereocenters. The number of thiazole rings is 1. The number of aromatic nitrogens is 1. The van der Waals surface area contributed by atoms with Crippen molar-refractivity contribution in [2.75, 3.05) is 5.32 Å². The summed E-state index contributed by atoms with van der Waals surface area (Å²) >= 11 is 1.20. The minimum atomic E-state index is -4.62. The van der Waals surface area contributed by atoms with Gasteiger partial charge in [-0.05, 0) is 23.3 Å². The number of nitrogens with one attached hydrogen (secondary N) is 2. The first kappa shape index (κ1) is 25.9. The predicted octanol–water partition coefficient (Wildman–Crippen LogP) is 6.33. The maximum absolute atomic E-state index is 13.4. The van der Waals surface area contributed by atoms with Crippen LogP contribution in [0.1, 0.15) is 32.2 Å². The van der Waals surface area contributed by atoms with E-state index in [0.717, 1.165) is 17.2 Å². The fourth-order valence-corrected chi connectivity index (χ4v) is 4.35. The topological polar surface area (TPSA) is 74.3 Å². The van der Waals surface area contributed by atoms with Crippen molar-refractivity contribution >= 4 is 29.0 Å². The molecule has 190 valence electrons. The highest BCUT2D eigenvalue weighted by atomic mass is 32.1. The molecule has 0 unspecified atom stereocenters. The standard InChI is InChI=1S/C27H23F3N4O2S/c28-27(29,30)21-13-7-8-14-22(21)33-26(36)34(16-20-11-5-2-6-12-20)17-24-32-23(18-37-24)25(35)31-15-19-9-3-1-4-10-19/h1-14,18H,15-17H2,(H,31,35)(H,33,36). The third-order valence-electron chi connectivity index (χ3n) is 5.38. The number of carbonyl (C=O) groups is 2. The van der Waals surface area contributed by atoms with Crippen molar-refractivity contribution in [3.8, 4) is 0 Å². The zero-order chi connectivity index (χ0) is 26.3. The molecule has 0 aliphatic heterocycles. The Morgan fingerprint density at radius 1 is 0.838 bits per heavy atom. The monoisotopic (exact) mass is 524 g/mol. The van der Waals surface area contributed by atoms with Crippen molar-refractivity contribution in [1.82, 2.24) is 15.2 Å². The lowest BCUT2D eigenvalue weighted by atomic mass is 10.1. The van der Waals surface area contributed by atoms with Crippen molar-refractivity contribution < 1.29 is 22.8 Å². The Balaban J connectivity index is 1.49. The highest BCUT2D eigenvalue weighted by Gasteiger charge is 2.34. The fraction of sp³-hybridized carbons (Fsp3) is 0.148. The molecule has 4 rings (SSSR count). The lowest BCUT2D eigenvalue weighted by Gasteiger charge is -2.23. The normalized spacial score (nSPS) is 11.1. The maximum atomic E-state index is 13.4. The zero-order valence-electron chi connectivity index (χ0n) is 19.5. The number of alkyl halides is 3.